The summed E-state index contributed by atoms with van der Waals surface area (Å²) in [4.78, 5) is 10.8. The van der Waals surface area contributed by atoms with Gasteiger partial charge in [0, 0.05) is 13.6 Å². The first-order valence-corrected chi connectivity index (χ1v) is 7.84. The predicted molar refractivity (Wildman–Crippen MR) is 73.6 cm³/mol. The van der Waals surface area contributed by atoms with E-state index in [1.807, 2.05) is 0 Å². The molecular weight excluding hydrogens is 342 g/mol. The van der Waals surface area contributed by atoms with E-state index in [9.17, 15) is 13.2 Å². The first-order valence-electron chi connectivity index (χ1n) is 4.79. The van der Waals surface area contributed by atoms with Crippen molar-refractivity contribution in [1.82, 2.24) is 4.31 Å². The molecule has 0 amide bonds. The van der Waals surface area contributed by atoms with Gasteiger partial charge < -0.3 is 5.11 Å². The Labute approximate surface area is 118 Å². The van der Waals surface area contributed by atoms with E-state index in [0.29, 0.717) is 5.57 Å². The van der Waals surface area contributed by atoms with Crippen molar-refractivity contribution in [2.75, 3.05) is 13.6 Å². The minimum absolute atomic E-state index is 0.0239. The first-order chi connectivity index (χ1) is 8.16. The summed E-state index contributed by atoms with van der Waals surface area (Å²) in [5, 5.41) is 8.84. The van der Waals surface area contributed by atoms with Crippen LogP contribution in [0.2, 0.25) is 0 Å². The van der Waals surface area contributed by atoms with Gasteiger partial charge in [0.05, 0.1) is 3.79 Å². The van der Waals surface area contributed by atoms with Crippen molar-refractivity contribution in [1.29, 1.82) is 0 Å². The number of thiophene rings is 1. The van der Waals surface area contributed by atoms with Crippen molar-refractivity contribution in [3.05, 3.63) is 26.9 Å². The lowest BCUT2D eigenvalue weighted by Gasteiger charge is -2.16. The Morgan fingerprint density at radius 1 is 1.61 bits per heavy atom. The second kappa shape index (κ2) is 5.52. The first kappa shape index (κ1) is 15.4. The van der Waals surface area contributed by atoms with Gasteiger partial charge in [0.25, 0.3) is 0 Å². The van der Waals surface area contributed by atoms with Crippen LogP contribution in [0.15, 0.2) is 26.9 Å². The molecule has 0 spiro atoms. The number of rotatable bonds is 5. The number of aromatic carboxylic acids is 1. The lowest BCUT2D eigenvalue weighted by molar-refractivity contribution is 0.0702. The highest BCUT2D eigenvalue weighted by Gasteiger charge is 2.27. The van der Waals surface area contributed by atoms with Crippen molar-refractivity contribution in [3.63, 3.8) is 0 Å². The molecule has 0 aliphatic carbocycles. The molecule has 1 heterocycles. The van der Waals surface area contributed by atoms with Crippen molar-refractivity contribution >= 4 is 43.3 Å². The number of carbonyl (C=O) groups is 1. The van der Waals surface area contributed by atoms with Crippen LogP contribution < -0.4 is 0 Å². The largest absolute Gasteiger partial charge is 0.477 e. The summed E-state index contributed by atoms with van der Waals surface area (Å²) in [6.45, 7) is 5.56. The molecular formula is C10H12BrNO4S2. The number of carboxylic acids is 1. The molecule has 1 rings (SSSR count). The van der Waals surface area contributed by atoms with E-state index in [1.54, 1.807) is 6.92 Å². The zero-order valence-corrected chi connectivity index (χ0v) is 13.0. The van der Waals surface area contributed by atoms with Gasteiger partial charge in [-0.15, -0.1) is 11.3 Å². The summed E-state index contributed by atoms with van der Waals surface area (Å²) in [6.07, 6.45) is 0. The molecule has 0 saturated heterocycles. The second-order valence-electron chi connectivity index (χ2n) is 3.77. The van der Waals surface area contributed by atoms with Gasteiger partial charge >= 0.3 is 5.97 Å². The summed E-state index contributed by atoms with van der Waals surface area (Å²) < 4.78 is 25.8. The molecule has 0 atom stereocenters. The molecule has 0 aliphatic heterocycles. The van der Waals surface area contributed by atoms with Crippen LogP contribution in [0.3, 0.4) is 0 Å². The summed E-state index contributed by atoms with van der Waals surface area (Å²) in [5.74, 6) is -1.15. The van der Waals surface area contributed by atoms with E-state index in [1.165, 1.54) is 7.05 Å². The molecule has 5 nitrogen and oxygen atoms in total. The number of nitrogens with zero attached hydrogens (tertiary/aromatic N) is 1. The zero-order valence-electron chi connectivity index (χ0n) is 9.81. The quantitative estimate of drug-likeness (QED) is 0.824. The third-order valence-electron chi connectivity index (χ3n) is 2.05. The maximum absolute atomic E-state index is 12.2. The Bertz CT molecular complexity index is 591. The number of sulfonamides is 1. The predicted octanol–water partition coefficient (Wildman–Crippen LogP) is 2.41. The highest BCUT2D eigenvalue weighted by molar-refractivity contribution is 9.11. The van der Waals surface area contributed by atoms with Gasteiger partial charge in [-0.25, -0.2) is 13.2 Å². The van der Waals surface area contributed by atoms with Crippen LogP contribution >= 0.6 is 27.3 Å². The molecule has 18 heavy (non-hydrogen) atoms. The SMILES string of the molecule is C=C(C)CN(C)S(=O)(=O)c1cc(C(=O)O)sc1Br. The fourth-order valence-electron chi connectivity index (χ4n) is 1.27. The van der Waals surface area contributed by atoms with Gasteiger partial charge in [-0.05, 0) is 28.9 Å². The molecule has 0 unspecified atom stereocenters. The summed E-state index contributed by atoms with van der Waals surface area (Å²) >= 11 is 3.96. The topological polar surface area (TPSA) is 74.7 Å². The monoisotopic (exact) mass is 353 g/mol. The summed E-state index contributed by atoms with van der Waals surface area (Å²) in [6, 6.07) is 1.15. The molecule has 1 aromatic rings. The zero-order chi connectivity index (χ0) is 14.1. The van der Waals surface area contributed by atoms with Crippen molar-refractivity contribution in [3.8, 4) is 0 Å². The minimum Gasteiger partial charge on any atom is -0.477 e. The van der Waals surface area contributed by atoms with Gasteiger partial charge in [-0.2, -0.15) is 4.31 Å². The van der Waals surface area contributed by atoms with Gasteiger partial charge in [-0.3, -0.25) is 0 Å². The number of likely N-dealkylation sites (N-methyl/N-ethyl adjacent to an activating group) is 1. The molecule has 0 aromatic carbocycles. The van der Waals surface area contributed by atoms with Crippen LogP contribution in [0.5, 0.6) is 0 Å². The van der Waals surface area contributed by atoms with Crippen LogP contribution in [0.25, 0.3) is 0 Å². The molecule has 1 aromatic heterocycles. The van der Waals surface area contributed by atoms with Crippen molar-refractivity contribution < 1.29 is 18.3 Å². The van der Waals surface area contributed by atoms with E-state index in [4.69, 9.17) is 5.11 Å². The Balaban J connectivity index is 3.20. The molecule has 8 heteroatoms. The van der Waals surface area contributed by atoms with E-state index >= 15 is 0 Å². The maximum Gasteiger partial charge on any atom is 0.345 e. The van der Waals surface area contributed by atoms with Gasteiger partial charge in [0.1, 0.15) is 9.77 Å². The van der Waals surface area contributed by atoms with Crippen LogP contribution in [0.1, 0.15) is 16.6 Å². The van der Waals surface area contributed by atoms with Crippen LogP contribution in [0.4, 0.5) is 0 Å². The Morgan fingerprint density at radius 2 is 2.17 bits per heavy atom. The van der Waals surface area contributed by atoms with Crippen LogP contribution in [-0.4, -0.2) is 37.4 Å². The van der Waals surface area contributed by atoms with Gasteiger partial charge in [-0.1, -0.05) is 12.2 Å². The summed E-state index contributed by atoms with van der Waals surface area (Å²) in [7, 11) is -2.28. The Morgan fingerprint density at radius 3 is 2.56 bits per heavy atom. The molecule has 0 aliphatic rings. The van der Waals surface area contributed by atoms with Crippen molar-refractivity contribution in [2.45, 2.75) is 11.8 Å². The average Bonchev–Trinajstić information content (AvgIpc) is 2.59. The lowest BCUT2D eigenvalue weighted by Crippen LogP contribution is -2.28. The number of hydrogen-bond acceptors (Lipinski definition) is 4. The number of halogens is 1. The van der Waals surface area contributed by atoms with Crippen LogP contribution in [-0.2, 0) is 10.0 Å². The maximum atomic E-state index is 12.2. The molecule has 0 bridgehead atoms. The van der Waals surface area contributed by atoms with E-state index < -0.39 is 16.0 Å². The van der Waals surface area contributed by atoms with Gasteiger partial charge in [0.2, 0.25) is 10.0 Å². The van der Waals surface area contributed by atoms with E-state index in [-0.39, 0.29) is 20.1 Å². The average molecular weight is 354 g/mol. The molecule has 100 valence electrons. The third-order valence-corrected chi connectivity index (χ3v) is 6.09. The molecule has 1 N–H and O–H groups in total. The highest BCUT2D eigenvalue weighted by Crippen LogP contribution is 2.33. The van der Waals surface area contributed by atoms with Gasteiger partial charge in [0.15, 0.2) is 0 Å². The fraction of sp³-hybridized carbons (Fsp3) is 0.300. The number of carboxylic acid groups (broad SMARTS) is 1. The van der Waals surface area contributed by atoms with Crippen molar-refractivity contribution in [2.24, 2.45) is 0 Å². The molecule has 0 saturated carbocycles. The second-order valence-corrected chi connectivity index (χ2v) is 8.16. The number of hydrogen-bond donors (Lipinski definition) is 1. The lowest BCUT2D eigenvalue weighted by atomic mass is 10.4. The smallest absolute Gasteiger partial charge is 0.345 e. The minimum atomic E-state index is -3.70. The Kier molecular flexibility index (Phi) is 4.71. The fourth-order valence-corrected chi connectivity index (χ4v) is 4.85. The summed E-state index contributed by atoms with van der Waals surface area (Å²) in [5.41, 5.74) is 0.700. The highest BCUT2D eigenvalue weighted by atomic mass is 79.9. The normalized spacial score (nSPS) is 11.8. The van der Waals surface area contributed by atoms with E-state index in [2.05, 4.69) is 22.5 Å². The standard InChI is InChI=1S/C10H12BrNO4S2/c1-6(2)5-12(3)18(15,16)8-4-7(10(13)14)17-9(8)11/h4H,1,5H2,2-3H3,(H,13,14). The molecule has 0 radical (unpaired) electrons. The van der Waals surface area contributed by atoms with Crippen LogP contribution in [0, 0.1) is 0 Å². The molecule has 0 fully saturated rings. The third kappa shape index (κ3) is 3.19. The van der Waals surface area contributed by atoms with E-state index in [0.717, 1.165) is 21.7 Å². The Hall–Kier alpha value is -0.700.